The Bertz CT molecular complexity index is 731. The Balaban J connectivity index is 1.87. The van der Waals surface area contributed by atoms with Crippen molar-refractivity contribution in [2.75, 3.05) is 10.6 Å². The highest BCUT2D eigenvalue weighted by atomic mass is 19.1. The number of amides is 1. The third kappa shape index (κ3) is 2.40. The molecule has 6 nitrogen and oxygen atoms in total. The molecule has 21 heavy (non-hydrogen) atoms. The average molecular weight is 287 g/mol. The third-order valence-corrected chi connectivity index (χ3v) is 3.23. The van der Waals surface area contributed by atoms with E-state index in [9.17, 15) is 19.3 Å². The SMILES string of the molecule is O=C1Nc2ccc(F)cc2C1Nc1ccc([N+](=O)[O-])cc1. The van der Waals surface area contributed by atoms with Crippen LogP contribution in [0.4, 0.5) is 21.5 Å². The van der Waals surface area contributed by atoms with Crippen molar-refractivity contribution in [1.82, 2.24) is 0 Å². The zero-order valence-corrected chi connectivity index (χ0v) is 10.7. The first kappa shape index (κ1) is 13.0. The summed E-state index contributed by atoms with van der Waals surface area (Å²) in [5.41, 5.74) is 1.57. The number of hydrogen-bond acceptors (Lipinski definition) is 4. The highest BCUT2D eigenvalue weighted by Gasteiger charge is 2.30. The van der Waals surface area contributed by atoms with Crippen LogP contribution in [-0.4, -0.2) is 10.8 Å². The molecule has 0 radical (unpaired) electrons. The first-order chi connectivity index (χ1) is 10.0. The van der Waals surface area contributed by atoms with Crippen molar-refractivity contribution in [3.05, 3.63) is 64.0 Å². The van der Waals surface area contributed by atoms with Crippen molar-refractivity contribution >= 4 is 23.0 Å². The lowest BCUT2D eigenvalue weighted by atomic mass is 10.1. The van der Waals surface area contributed by atoms with E-state index < -0.39 is 16.8 Å². The number of fused-ring (bicyclic) bond motifs is 1. The van der Waals surface area contributed by atoms with Gasteiger partial charge in [0.05, 0.1) is 4.92 Å². The van der Waals surface area contributed by atoms with Crippen molar-refractivity contribution in [3.63, 3.8) is 0 Å². The number of benzene rings is 2. The molecule has 0 aromatic heterocycles. The molecule has 1 unspecified atom stereocenters. The molecule has 1 atom stereocenters. The molecule has 1 amide bonds. The lowest BCUT2D eigenvalue weighted by Crippen LogP contribution is -2.19. The van der Waals surface area contributed by atoms with Gasteiger partial charge >= 0.3 is 0 Å². The minimum atomic E-state index is -0.725. The van der Waals surface area contributed by atoms with E-state index in [1.54, 1.807) is 0 Å². The number of carbonyl (C=O) groups excluding carboxylic acids is 1. The lowest BCUT2D eigenvalue weighted by Gasteiger charge is -2.12. The van der Waals surface area contributed by atoms with Crippen molar-refractivity contribution in [3.8, 4) is 0 Å². The van der Waals surface area contributed by atoms with E-state index in [2.05, 4.69) is 10.6 Å². The Morgan fingerprint density at radius 1 is 1.19 bits per heavy atom. The molecule has 0 spiro atoms. The molecule has 1 aliphatic rings. The number of non-ortho nitro benzene ring substituents is 1. The Labute approximate surface area is 118 Å². The monoisotopic (exact) mass is 287 g/mol. The van der Waals surface area contributed by atoms with Crippen LogP contribution in [0.3, 0.4) is 0 Å². The Morgan fingerprint density at radius 3 is 2.57 bits per heavy atom. The number of nitro benzene ring substituents is 1. The first-order valence-corrected chi connectivity index (χ1v) is 6.16. The van der Waals surface area contributed by atoms with Gasteiger partial charge in [0.15, 0.2) is 0 Å². The van der Waals surface area contributed by atoms with E-state index in [1.165, 1.54) is 42.5 Å². The summed E-state index contributed by atoms with van der Waals surface area (Å²) < 4.78 is 13.3. The van der Waals surface area contributed by atoms with Gasteiger partial charge in [-0.25, -0.2) is 4.39 Å². The molecule has 0 saturated carbocycles. The number of nitrogens with one attached hydrogen (secondary N) is 2. The molecular weight excluding hydrogens is 277 g/mol. The van der Waals surface area contributed by atoms with Gasteiger partial charge in [-0.15, -0.1) is 0 Å². The van der Waals surface area contributed by atoms with Gasteiger partial charge in [0.2, 0.25) is 0 Å². The first-order valence-electron chi connectivity index (χ1n) is 6.16. The Kier molecular flexibility index (Phi) is 3.02. The van der Waals surface area contributed by atoms with E-state index in [1.807, 2.05) is 0 Å². The molecule has 0 aliphatic carbocycles. The maximum atomic E-state index is 13.3. The number of carbonyl (C=O) groups is 1. The second-order valence-corrected chi connectivity index (χ2v) is 4.60. The van der Waals surface area contributed by atoms with Crippen LogP contribution >= 0.6 is 0 Å². The van der Waals surface area contributed by atoms with Crippen molar-refractivity contribution in [2.24, 2.45) is 0 Å². The predicted octanol–water partition coefficient (Wildman–Crippen LogP) is 2.84. The molecule has 2 aromatic rings. The van der Waals surface area contributed by atoms with Crippen LogP contribution in [0, 0.1) is 15.9 Å². The number of rotatable bonds is 3. The molecule has 7 heteroatoms. The summed E-state index contributed by atoms with van der Waals surface area (Å²) in [5, 5.41) is 16.2. The zero-order chi connectivity index (χ0) is 15.0. The van der Waals surface area contributed by atoms with Crippen LogP contribution in [0.25, 0.3) is 0 Å². The van der Waals surface area contributed by atoms with Crippen molar-refractivity contribution < 1.29 is 14.1 Å². The summed E-state index contributed by atoms with van der Waals surface area (Å²) in [7, 11) is 0. The minimum absolute atomic E-state index is 0.0390. The summed E-state index contributed by atoms with van der Waals surface area (Å²) >= 11 is 0. The number of hydrogen-bond donors (Lipinski definition) is 2. The molecule has 0 bridgehead atoms. The smallest absolute Gasteiger partial charge is 0.269 e. The van der Waals surface area contributed by atoms with Crippen LogP contribution in [-0.2, 0) is 4.79 Å². The van der Waals surface area contributed by atoms with E-state index in [4.69, 9.17) is 0 Å². The Hall–Kier alpha value is -2.96. The van der Waals surface area contributed by atoms with Gasteiger partial charge in [-0.1, -0.05) is 0 Å². The van der Waals surface area contributed by atoms with Crippen LogP contribution in [0.15, 0.2) is 42.5 Å². The van der Waals surface area contributed by atoms with Crippen LogP contribution < -0.4 is 10.6 Å². The largest absolute Gasteiger partial charge is 0.370 e. The second kappa shape index (κ2) is 4.86. The molecule has 2 aromatic carbocycles. The summed E-state index contributed by atoms with van der Waals surface area (Å²) in [6, 6.07) is 9.01. The topological polar surface area (TPSA) is 84.3 Å². The molecule has 3 rings (SSSR count). The molecule has 0 fully saturated rings. The predicted molar refractivity (Wildman–Crippen MR) is 74.5 cm³/mol. The average Bonchev–Trinajstić information content (AvgIpc) is 2.76. The van der Waals surface area contributed by atoms with Gasteiger partial charge in [-0.05, 0) is 30.3 Å². The van der Waals surface area contributed by atoms with E-state index in [-0.39, 0.29) is 11.6 Å². The Morgan fingerprint density at radius 2 is 1.90 bits per heavy atom. The summed E-state index contributed by atoms with van der Waals surface area (Å²) in [5.74, 6) is -0.727. The van der Waals surface area contributed by atoms with E-state index in [0.29, 0.717) is 16.9 Å². The van der Waals surface area contributed by atoms with Gasteiger partial charge in [0.25, 0.3) is 11.6 Å². The lowest BCUT2D eigenvalue weighted by molar-refractivity contribution is -0.384. The number of nitrogens with zero attached hydrogens (tertiary/aromatic N) is 1. The fourth-order valence-electron chi connectivity index (χ4n) is 2.22. The molecule has 106 valence electrons. The molecule has 1 heterocycles. The number of anilines is 2. The fraction of sp³-hybridized carbons (Fsp3) is 0.0714. The maximum Gasteiger partial charge on any atom is 0.269 e. The van der Waals surface area contributed by atoms with Crippen LogP contribution in [0.5, 0.6) is 0 Å². The summed E-state index contributed by atoms with van der Waals surface area (Å²) in [4.78, 5) is 22.0. The zero-order valence-electron chi connectivity index (χ0n) is 10.7. The van der Waals surface area contributed by atoms with Gasteiger partial charge in [0.1, 0.15) is 11.9 Å². The van der Waals surface area contributed by atoms with E-state index in [0.717, 1.165) is 0 Å². The van der Waals surface area contributed by atoms with Crippen molar-refractivity contribution in [1.29, 1.82) is 0 Å². The summed E-state index contributed by atoms with van der Waals surface area (Å²) in [6.45, 7) is 0. The second-order valence-electron chi connectivity index (χ2n) is 4.60. The summed E-state index contributed by atoms with van der Waals surface area (Å²) in [6.07, 6.45) is 0. The number of halogens is 1. The highest BCUT2D eigenvalue weighted by molar-refractivity contribution is 6.04. The fourth-order valence-corrected chi connectivity index (χ4v) is 2.22. The van der Waals surface area contributed by atoms with Gasteiger partial charge in [-0.2, -0.15) is 0 Å². The molecule has 2 N–H and O–H groups in total. The van der Waals surface area contributed by atoms with E-state index >= 15 is 0 Å². The maximum absolute atomic E-state index is 13.3. The standard InChI is InChI=1S/C14H10FN3O3/c15-8-1-6-12-11(7-8)13(14(19)17-12)16-9-2-4-10(5-3-9)18(20)21/h1-7,13,16H,(H,17,19). The normalized spacial score (nSPS) is 16.2. The van der Waals surface area contributed by atoms with Crippen LogP contribution in [0.2, 0.25) is 0 Å². The number of nitro groups is 1. The molecular formula is C14H10FN3O3. The minimum Gasteiger partial charge on any atom is -0.370 e. The van der Waals surface area contributed by atoms with Gasteiger partial charge in [-0.3, -0.25) is 14.9 Å². The van der Waals surface area contributed by atoms with Gasteiger partial charge in [0, 0.05) is 29.1 Å². The quantitative estimate of drug-likeness (QED) is 0.671. The van der Waals surface area contributed by atoms with Crippen molar-refractivity contribution in [2.45, 2.75) is 6.04 Å². The van der Waals surface area contributed by atoms with Crippen LogP contribution in [0.1, 0.15) is 11.6 Å². The van der Waals surface area contributed by atoms with Gasteiger partial charge < -0.3 is 10.6 Å². The molecule has 0 saturated heterocycles. The highest BCUT2D eigenvalue weighted by Crippen LogP contribution is 2.33. The molecule has 1 aliphatic heterocycles. The third-order valence-electron chi connectivity index (χ3n) is 3.23.